The van der Waals surface area contributed by atoms with Crippen molar-refractivity contribution in [3.8, 4) is 0 Å². The van der Waals surface area contributed by atoms with Crippen LogP contribution in [0.3, 0.4) is 0 Å². The number of rotatable bonds is 11. The Labute approximate surface area is 117 Å². The van der Waals surface area contributed by atoms with Crippen molar-refractivity contribution in [3.63, 3.8) is 0 Å². The van der Waals surface area contributed by atoms with E-state index < -0.39 is 0 Å². The topological polar surface area (TPSA) is 51.2 Å². The lowest BCUT2D eigenvalue weighted by Crippen LogP contribution is -2.28. The first kappa shape index (κ1) is 16.3. The minimum absolute atomic E-state index is 0.162. The van der Waals surface area contributed by atoms with Gasteiger partial charge < -0.3 is 4.42 Å². The van der Waals surface area contributed by atoms with Gasteiger partial charge in [-0.1, -0.05) is 58.3 Å². The summed E-state index contributed by atoms with van der Waals surface area (Å²) in [6.07, 6.45) is 13.5. The summed E-state index contributed by atoms with van der Waals surface area (Å²) in [5.41, 5.74) is 4.05. The highest BCUT2D eigenvalue weighted by atomic mass is 16.3. The van der Waals surface area contributed by atoms with Gasteiger partial charge in [0, 0.05) is 0 Å². The van der Waals surface area contributed by atoms with E-state index in [4.69, 9.17) is 10.3 Å². The molecule has 110 valence electrons. The maximum absolute atomic E-state index is 5.62. The number of furan rings is 1. The monoisotopic (exact) mass is 266 g/mol. The SMILES string of the molecule is CCCCCCCCCCC(NN)c1occc1C. The molecule has 0 bridgehead atoms. The van der Waals surface area contributed by atoms with Gasteiger partial charge in [-0.05, 0) is 25.0 Å². The van der Waals surface area contributed by atoms with Crippen LogP contribution in [-0.4, -0.2) is 0 Å². The number of nitrogens with one attached hydrogen (secondary N) is 1. The zero-order valence-corrected chi connectivity index (χ0v) is 12.6. The average Bonchev–Trinajstić information content (AvgIpc) is 2.83. The van der Waals surface area contributed by atoms with Crippen LogP contribution >= 0.6 is 0 Å². The normalized spacial score (nSPS) is 12.8. The molecule has 3 nitrogen and oxygen atoms in total. The van der Waals surface area contributed by atoms with E-state index in [1.807, 2.05) is 6.07 Å². The van der Waals surface area contributed by atoms with Crippen molar-refractivity contribution in [2.24, 2.45) is 5.84 Å². The second kappa shape index (κ2) is 10.0. The van der Waals surface area contributed by atoms with Crippen LogP contribution in [0.25, 0.3) is 0 Å². The highest BCUT2D eigenvalue weighted by molar-refractivity contribution is 5.17. The van der Waals surface area contributed by atoms with Crippen LogP contribution in [0.1, 0.15) is 82.1 Å². The Kier molecular flexibility index (Phi) is 8.59. The van der Waals surface area contributed by atoms with Crippen molar-refractivity contribution in [1.29, 1.82) is 0 Å². The molecule has 1 unspecified atom stereocenters. The first-order valence-corrected chi connectivity index (χ1v) is 7.79. The van der Waals surface area contributed by atoms with E-state index >= 15 is 0 Å². The molecule has 0 aliphatic rings. The quantitative estimate of drug-likeness (QED) is 0.349. The summed E-state index contributed by atoms with van der Waals surface area (Å²) in [6.45, 7) is 4.33. The fraction of sp³-hybridized carbons (Fsp3) is 0.750. The second-order valence-corrected chi connectivity index (χ2v) is 5.45. The van der Waals surface area contributed by atoms with Crippen molar-refractivity contribution < 1.29 is 4.42 Å². The number of nitrogens with two attached hydrogens (primary N) is 1. The maximum atomic E-state index is 5.62. The Morgan fingerprint density at radius 2 is 1.74 bits per heavy atom. The molecule has 1 aromatic rings. The third kappa shape index (κ3) is 6.26. The number of aryl methyl sites for hydroxylation is 1. The van der Waals surface area contributed by atoms with E-state index in [1.165, 1.54) is 56.9 Å². The number of hydrogen-bond acceptors (Lipinski definition) is 3. The molecule has 0 amide bonds. The molecule has 0 aliphatic heterocycles. The first-order chi connectivity index (χ1) is 9.29. The minimum Gasteiger partial charge on any atom is -0.467 e. The van der Waals surface area contributed by atoms with Crippen molar-refractivity contribution in [2.75, 3.05) is 0 Å². The van der Waals surface area contributed by atoms with Crippen LogP contribution in [-0.2, 0) is 0 Å². The van der Waals surface area contributed by atoms with Crippen molar-refractivity contribution in [1.82, 2.24) is 5.43 Å². The third-order valence-corrected chi connectivity index (χ3v) is 3.77. The molecule has 3 N–H and O–H groups in total. The minimum atomic E-state index is 0.162. The molecular formula is C16H30N2O. The lowest BCUT2D eigenvalue weighted by Gasteiger charge is -2.14. The van der Waals surface area contributed by atoms with Crippen LogP contribution < -0.4 is 11.3 Å². The predicted octanol–water partition coefficient (Wildman–Crippen LogP) is 4.62. The smallest absolute Gasteiger partial charge is 0.124 e. The molecule has 19 heavy (non-hydrogen) atoms. The fourth-order valence-corrected chi connectivity index (χ4v) is 2.51. The van der Waals surface area contributed by atoms with Crippen LogP contribution in [0, 0.1) is 6.92 Å². The first-order valence-electron chi connectivity index (χ1n) is 7.79. The molecule has 1 aromatic heterocycles. The maximum Gasteiger partial charge on any atom is 0.124 e. The van der Waals surface area contributed by atoms with Crippen molar-refractivity contribution >= 4 is 0 Å². The highest BCUT2D eigenvalue weighted by Crippen LogP contribution is 2.23. The van der Waals surface area contributed by atoms with E-state index in [9.17, 15) is 0 Å². The molecular weight excluding hydrogens is 236 g/mol. The molecule has 0 spiro atoms. The van der Waals surface area contributed by atoms with Gasteiger partial charge in [0.1, 0.15) is 5.76 Å². The van der Waals surface area contributed by atoms with Crippen LogP contribution in [0.15, 0.2) is 16.7 Å². The fourth-order valence-electron chi connectivity index (χ4n) is 2.51. The second-order valence-electron chi connectivity index (χ2n) is 5.45. The highest BCUT2D eigenvalue weighted by Gasteiger charge is 2.14. The Morgan fingerprint density at radius 1 is 1.11 bits per heavy atom. The number of unbranched alkanes of at least 4 members (excludes halogenated alkanes) is 7. The van der Waals surface area contributed by atoms with E-state index in [2.05, 4.69) is 19.3 Å². The van der Waals surface area contributed by atoms with Gasteiger partial charge in [-0.15, -0.1) is 0 Å². The van der Waals surface area contributed by atoms with Crippen LogP contribution in [0.4, 0.5) is 0 Å². The molecule has 1 atom stereocenters. The van der Waals surface area contributed by atoms with Crippen molar-refractivity contribution in [2.45, 2.75) is 77.7 Å². The van der Waals surface area contributed by atoms with Gasteiger partial charge in [-0.3, -0.25) is 5.84 Å². The van der Waals surface area contributed by atoms with Gasteiger partial charge >= 0.3 is 0 Å². The van der Waals surface area contributed by atoms with Gasteiger partial charge in [-0.25, -0.2) is 5.43 Å². The Balaban J connectivity index is 2.09. The van der Waals surface area contributed by atoms with Crippen LogP contribution in [0.2, 0.25) is 0 Å². The van der Waals surface area contributed by atoms with Gasteiger partial charge in [0.05, 0.1) is 12.3 Å². The summed E-state index contributed by atoms with van der Waals surface area (Å²) in [5, 5.41) is 0. The summed E-state index contributed by atoms with van der Waals surface area (Å²) < 4.78 is 5.50. The molecule has 0 radical (unpaired) electrons. The zero-order chi connectivity index (χ0) is 13.9. The average molecular weight is 266 g/mol. The standard InChI is InChI=1S/C16H30N2O/c1-3-4-5-6-7-8-9-10-11-15(18-17)16-14(2)12-13-19-16/h12-13,15,18H,3-11,17H2,1-2H3. The lowest BCUT2D eigenvalue weighted by molar-refractivity contribution is 0.386. The third-order valence-electron chi connectivity index (χ3n) is 3.77. The van der Waals surface area contributed by atoms with Gasteiger partial charge in [0.25, 0.3) is 0 Å². The predicted molar refractivity (Wildman–Crippen MR) is 80.7 cm³/mol. The Hall–Kier alpha value is -0.800. The van der Waals surface area contributed by atoms with Crippen LogP contribution in [0.5, 0.6) is 0 Å². The molecule has 0 aliphatic carbocycles. The summed E-state index contributed by atoms with van der Waals surface area (Å²) in [4.78, 5) is 0. The molecule has 0 aromatic carbocycles. The Morgan fingerprint density at radius 3 is 2.26 bits per heavy atom. The van der Waals surface area contributed by atoms with E-state index in [1.54, 1.807) is 6.26 Å². The molecule has 3 heteroatoms. The molecule has 0 saturated heterocycles. The van der Waals surface area contributed by atoms with E-state index in [0.717, 1.165) is 12.2 Å². The summed E-state index contributed by atoms with van der Waals surface area (Å²) in [5.74, 6) is 6.61. The summed E-state index contributed by atoms with van der Waals surface area (Å²) in [7, 11) is 0. The number of hydrazine groups is 1. The molecule has 0 saturated carbocycles. The Bertz CT molecular complexity index is 322. The summed E-state index contributed by atoms with van der Waals surface area (Å²) >= 11 is 0. The zero-order valence-electron chi connectivity index (χ0n) is 12.6. The van der Waals surface area contributed by atoms with Gasteiger partial charge in [0.15, 0.2) is 0 Å². The number of hydrogen-bond donors (Lipinski definition) is 2. The van der Waals surface area contributed by atoms with E-state index in [-0.39, 0.29) is 6.04 Å². The molecule has 0 fully saturated rings. The van der Waals surface area contributed by atoms with Gasteiger partial charge in [0.2, 0.25) is 0 Å². The molecule has 1 rings (SSSR count). The largest absolute Gasteiger partial charge is 0.467 e. The van der Waals surface area contributed by atoms with E-state index in [0.29, 0.717) is 0 Å². The van der Waals surface area contributed by atoms with Crippen molar-refractivity contribution in [3.05, 3.63) is 23.7 Å². The molecule has 1 heterocycles. The van der Waals surface area contributed by atoms with Gasteiger partial charge in [-0.2, -0.15) is 0 Å². The summed E-state index contributed by atoms with van der Waals surface area (Å²) in [6, 6.07) is 2.16. The lowest BCUT2D eigenvalue weighted by atomic mass is 10.0.